The van der Waals surface area contributed by atoms with Crippen LogP contribution in [0, 0.1) is 0 Å². The number of benzene rings is 1. The average Bonchev–Trinajstić information content (AvgIpc) is 2.15. The Bertz CT molecular complexity index is 369. The number of hydrogen-bond acceptors (Lipinski definition) is 2. The molecular weight excluding hydrogens is 243 g/mol. The van der Waals surface area contributed by atoms with E-state index < -0.39 is 18.3 Å². The summed E-state index contributed by atoms with van der Waals surface area (Å²) in [6, 6.07) is 5.62. The molecule has 1 heterocycles. The maximum atomic E-state index is 12.5. The number of rotatable bonds is 0. The second-order valence-corrected chi connectivity index (χ2v) is 3.56. The van der Waals surface area contributed by atoms with Gasteiger partial charge < -0.3 is 10.5 Å². The first-order valence-electron chi connectivity index (χ1n) is 4.55. The van der Waals surface area contributed by atoms with Gasteiger partial charge in [-0.15, -0.1) is 12.4 Å². The zero-order valence-corrected chi connectivity index (χ0v) is 9.02. The highest BCUT2D eigenvalue weighted by atomic mass is 35.5. The Morgan fingerprint density at radius 3 is 2.50 bits per heavy atom. The van der Waals surface area contributed by atoms with Gasteiger partial charge in [-0.1, -0.05) is 18.2 Å². The van der Waals surface area contributed by atoms with E-state index in [0.717, 1.165) is 5.56 Å². The van der Waals surface area contributed by atoms with Crippen molar-refractivity contribution in [3.05, 3.63) is 29.8 Å². The Labute approximate surface area is 97.0 Å². The number of ether oxygens (including phenoxy) is 1. The highest BCUT2D eigenvalue weighted by Crippen LogP contribution is 2.34. The SMILES string of the molecule is Cl.N[C@@H]1Cc2ccccc2O[C@H]1C(F)(F)F. The maximum Gasteiger partial charge on any atom is 0.426 e. The third-order valence-corrected chi connectivity index (χ3v) is 2.39. The quantitative estimate of drug-likeness (QED) is 0.770. The van der Waals surface area contributed by atoms with Crippen LogP contribution in [0.4, 0.5) is 13.2 Å². The van der Waals surface area contributed by atoms with E-state index in [9.17, 15) is 13.2 Å². The largest absolute Gasteiger partial charge is 0.479 e. The second kappa shape index (κ2) is 4.51. The van der Waals surface area contributed by atoms with Crippen molar-refractivity contribution in [2.24, 2.45) is 5.73 Å². The van der Waals surface area contributed by atoms with Crippen molar-refractivity contribution in [2.75, 3.05) is 0 Å². The maximum absolute atomic E-state index is 12.5. The van der Waals surface area contributed by atoms with Crippen molar-refractivity contribution in [3.63, 3.8) is 0 Å². The molecule has 0 saturated heterocycles. The van der Waals surface area contributed by atoms with Gasteiger partial charge in [-0.05, 0) is 18.1 Å². The van der Waals surface area contributed by atoms with Crippen molar-refractivity contribution in [2.45, 2.75) is 24.7 Å². The van der Waals surface area contributed by atoms with Gasteiger partial charge in [0, 0.05) is 0 Å². The predicted octanol–water partition coefficient (Wildman–Crippen LogP) is 2.30. The van der Waals surface area contributed by atoms with Gasteiger partial charge in [-0.25, -0.2) is 0 Å². The minimum Gasteiger partial charge on any atom is -0.479 e. The van der Waals surface area contributed by atoms with Crippen LogP contribution in [0.3, 0.4) is 0 Å². The van der Waals surface area contributed by atoms with E-state index in [0.29, 0.717) is 0 Å². The fourth-order valence-electron chi connectivity index (χ4n) is 1.68. The van der Waals surface area contributed by atoms with E-state index >= 15 is 0 Å². The van der Waals surface area contributed by atoms with Crippen molar-refractivity contribution < 1.29 is 17.9 Å². The van der Waals surface area contributed by atoms with Crippen LogP contribution in [0.5, 0.6) is 5.75 Å². The lowest BCUT2D eigenvalue weighted by Crippen LogP contribution is -2.52. The number of hydrogen-bond donors (Lipinski definition) is 1. The van der Waals surface area contributed by atoms with Gasteiger partial charge in [-0.3, -0.25) is 0 Å². The first kappa shape index (κ1) is 13.1. The van der Waals surface area contributed by atoms with Crippen molar-refractivity contribution >= 4 is 12.4 Å². The molecule has 6 heteroatoms. The van der Waals surface area contributed by atoms with Gasteiger partial charge in [0.25, 0.3) is 0 Å². The minimum absolute atomic E-state index is 0. The number of fused-ring (bicyclic) bond motifs is 1. The lowest BCUT2D eigenvalue weighted by atomic mass is 9.97. The van der Waals surface area contributed by atoms with E-state index in [4.69, 9.17) is 10.5 Å². The molecule has 2 N–H and O–H groups in total. The topological polar surface area (TPSA) is 35.2 Å². The third-order valence-electron chi connectivity index (χ3n) is 2.39. The summed E-state index contributed by atoms with van der Waals surface area (Å²) < 4.78 is 42.3. The van der Waals surface area contributed by atoms with Crippen molar-refractivity contribution in [1.29, 1.82) is 0 Å². The molecule has 2 atom stereocenters. The van der Waals surface area contributed by atoms with Crippen LogP contribution in [-0.4, -0.2) is 18.3 Å². The van der Waals surface area contributed by atoms with Gasteiger partial charge in [0.2, 0.25) is 6.10 Å². The molecule has 0 fully saturated rings. The highest BCUT2D eigenvalue weighted by molar-refractivity contribution is 5.85. The zero-order chi connectivity index (χ0) is 11.1. The van der Waals surface area contributed by atoms with Crippen LogP contribution in [0.1, 0.15) is 5.56 Å². The Hall–Kier alpha value is -0.940. The molecule has 1 aromatic rings. The molecule has 1 aliphatic rings. The fourth-order valence-corrected chi connectivity index (χ4v) is 1.68. The van der Waals surface area contributed by atoms with Gasteiger partial charge in [0.05, 0.1) is 6.04 Å². The summed E-state index contributed by atoms with van der Waals surface area (Å²) in [6.45, 7) is 0. The number of alkyl halides is 3. The second-order valence-electron chi connectivity index (χ2n) is 3.56. The Kier molecular flexibility index (Phi) is 3.70. The van der Waals surface area contributed by atoms with Gasteiger partial charge in [-0.2, -0.15) is 13.2 Å². The van der Waals surface area contributed by atoms with Crippen LogP contribution < -0.4 is 10.5 Å². The zero-order valence-electron chi connectivity index (χ0n) is 8.20. The van der Waals surface area contributed by atoms with E-state index in [-0.39, 0.29) is 24.6 Å². The van der Waals surface area contributed by atoms with Gasteiger partial charge in [0.1, 0.15) is 5.75 Å². The molecule has 0 bridgehead atoms. The molecule has 16 heavy (non-hydrogen) atoms. The van der Waals surface area contributed by atoms with E-state index in [1.54, 1.807) is 18.2 Å². The standard InChI is InChI=1S/C10H10F3NO.ClH/c11-10(12,13)9-7(14)5-6-3-1-2-4-8(6)15-9;/h1-4,7,9H,5,14H2;1H/t7-,9-;/m1./s1. The molecule has 0 aromatic heterocycles. The summed E-state index contributed by atoms with van der Waals surface area (Å²) in [5.41, 5.74) is 6.16. The summed E-state index contributed by atoms with van der Waals surface area (Å²) in [4.78, 5) is 0. The van der Waals surface area contributed by atoms with Crippen molar-refractivity contribution in [1.82, 2.24) is 0 Å². The molecule has 2 rings (SSSR count). The van der Waals surface area contributed by atoms with E-state index in [2.05, 4.69) is 0 Å². The predicted molar refractivity (Wildman–Crippen MR) is 55.8 cm³/mol. The lowest BCUT2D eigenvalue weighted by molar-refractivity contribution is -0.203. The summed E-state index contributed by atoms with van der Waals surface area (Å²) in [5.74, 6) is 0.279. The first-order valence-corrected chi connectivity index (χ1v) is 4.55. The highest BCUT2D eigenvalue weighted by Gasteiger charge is 2.47. The summed E-state index contributed by atoms with van der Waals surface area (Å²) >= 11 is 0. The Morgan fingerprint density at radius 1 is 1.25 bits per heavy atom. The summed E-state index contributed by atoms with van der Waals surface area (Å²) in [7, 11) is 0. The summed E-state index contributed by atoms with van der Waals surface area (Å²) in [5, 5.41) is 0. The van der Waals surface area contributed by atoms with Crippen LogP contribution in [-0.2, 0) is 6.42 Å². The molecule has 0 saturated carbocycles. The molecule has 0 radical (unpaired) electrons. The van der Waals surface area contributed by atoms with Gasteiger partial charge in [0.15, 0.2) is 0 Å². The first-order chi connectivity index (χ1) is 6.98. The van der Waals surface area contributed by atoms with E-state index in [1.165, 1.54) is 6.07 Å². The number of para-hydroxylation sites is 1. The Balaban J connectivity index is 0.00000128. The molecule has 1 aliphatic heterocycles. The lowest BCUT2D eigenvalue weighted by Gasteiger charge is -2.32. The number of halogens is 4. The molecule has 0 spiro atoms. The monoisotopic (exact) mass is 253 g/mol. The van der Waals surface area contributed by atoms with E-state index in [1.807, 2.05) is 0 Å². The van der Waals surface area contributed by atoms with Gasteiger partial charge >= 0.3 is 6.18 Å². The molecule has 90 valence electrons. The molecule has 1 aromatic carbocycles. The minimum atomic E-state index is -4.41. The normalized spacial score (nSPS) is 24.0. The van der Waals surface area contributed by atoms with Crippen LogP contribution in [0.2, 0.25) is 0 Å². The van der Waals surface area contributed by atoms with Crippen LogP contribution in [0.15, 0.2) is 24.3 Å². The third kappa shape index (κ3) is 2.41. The molecule has 0 aliphatic carbocycles. The fraction of sp³-hybridized carbons (Fsp3) is 0.400. The van der Waals surface area contributed by atoms with Crippen LogP contribution in [0.25, 0.3) is 0 Å². The number of nitrogens with two attached hydrogens (primary N) is 1. The smallest absolute Gasteiger partial charge is 0.426 e. The average molecular weight is 254 g/mol. The molecule has 0 amide bonds. The van der Waals surface area contributed by atoms with Crippen LogP contribution >= 0.6 is 12.4 Å². The molecular formula is C10H11ClF3NO. The summed E-state index contributed by atoms with van der Waals surface area (Å²) in [6.07, 6.45) is -6.11. The molecule has 0 unspecified atom stereocenters. The van der Waals surface area contributed by atoms with Crippen molar-refractivity contribution in [3.8, 4) is 5.75 Å². The Morgan fingerprint density at radius 2 is 1.88 bits per heavy atom. The molecule has 2 nitrogen and oxygen atoms in total.